The molecule has 1 aromatic rings. The minimum absolute atomic E-state index is 0.152. The summed E-state index contributed by atoms with van der Waals surface area (Å²) in [7, 11) is 2.08. The number of likely N-dealkylation sites (N-methyl/N-ethyl adjacent to an activating group) is 1. The first-order chi connectivity index (χ1) is 10.1. The van der Waals surface area contributed by atoms with E-state index < -0.39 is 0 Å². The van der Waals surface area contributed by atoms with E-state index in [1.807, 2.05) is 13.0 Å². The zero-order valence-electron chi connectivity index (χ0n) is 12.6. The van der Waals surface area contributed by atoms with Gasteiger partial charge in [-0.25, -0.2) is 0 Å². The van der Waals surface area contributed by atoms with Crippen molar-refractivity contribution in [2.24, 2.45) is 0 Å². The molecule has 0 spiro atoms. The van der Waals surface area contributed by atoms with Gasteiger partial charge in [-0.15, -0.1) is 0 Å². The standard InChI is InChI=1S/C16H23N3O2/c1-3-21-15-11-12(17)6-8-14(15)18-16(20)9-7-13-5-4-10-19(13)2/h6-9,11,13H,3-5,10,17H2,1-2H3,(H,18,20)/b9-7+. The van der Waals surface area contributed by atoms with Gasteiger partial charge in [0.15, 0.2) is 0 Å². The highest BCUT2D eigenvalue weighted by Crippen LogP contribution is 2.27. The largest absolute Gasteiger partial charge is 0.492 e. The number of amides is 1. The molecule has 2 rings (SSSR count). The second-order valence-corrected chi connectivity index (χ2v) is 5.23. The van der Waals surface area contributed by atoms with Crippen LogP contribution in [-0.2, 0) is 4.79 Å². The predicted octanol–water partition coefficient (Wildman–Crippen LogP) is 2.26. The molecule has 1 heterocycles. The molecule has 1 aromatic carbocycles. The number of hydrogen-bond acceptors (Lipinski definition) is 4. The van der Waals surface area contributed by atoms with Gasteiger partial charge in [-0.3, -0.25) is 9.69 Å². The number of rotatable bonds is 5. The molecule has 0 saturated carbocycles. The fourth-order valence-corrected chi connectivity index (χ4v) is 2.47. The second kappa shape index (κ2) is 7.13. The zero-order chi connectivity index (χ0) is 15.2. The van der Waals surface area contributed by atoms with Crippen molar-refractivity contribution in [1.82, 2.24) is 4.90 Å². The zero-order valence-corrected chi connectivity index (χ0v) is 12.6. The summed E-state index contributed by atoms with van der Waals surface area (Å²) in [6.07, 6.45) is 5.84. The Morgan fingerprint density at radius 2 is 2.38 bits per heavy atom. The fraction of sp³-hybridized carbons (Fsp3) is 0.438. The Labute approximate surface area is 125 Å². The molecule has 1 fully saturated rings. The van der Waals surface area contributed by atoms with Crippen molar-refractivity contribution in [2.45, 2.75) is 25.8 Å². The number of nitrogens with one attached hydrogen (secondary N) is 1. The van der Waals surface area contributed by atoms with Crippen LogP contribution in [0, 0.1) is 0 Å². The van der Waals surface area contributed by atoms with Crippen LogP contribution in [-0.4, -0.2) is 37.0 Å². The van der Waals surface area contributed by atoms with E-state index in [9.17, 15) is 4.79 Å². The van der Waals surface area contributed by atoms with Crippen molar-refractivity contribution in [1.29, 1.82) is 0 Å². The average molecular weight is 289 g/mol. The number of carbonyl (C=O) groups is 1. The maximum atomic E-state index is 12.0. The van der Waals surface area contributed by atoms with Gasteiger partial charge >= 0.3 is 0 Å². The lowest BCUT2D eigenvalue weighted by molar-refractivity contribution is -0.111. The molecular weight excluding hydrogens is 266 g/mol. The smallest absolute Gasteiger partial charge is 0.248 e. The van der Waals surface area contributed by atoms with Crippen LogP contribution in [0.25, 0.3) is 0 Å². The van der Waals surface area contributed by atoms with Gasteiger partial charge in [-0.2, -0.15) is 0 Å². The van der Waals surface area contributed by atoms with Gasteiger partial charge < -0.3 is 15.8 Å². The number of anilines is 2. The number of nitrogens with two attached hydrogens (primary N) is 1. The van der Waals surface area contributed by atoms with E-state index in [0.717, 1.165) is 13.0 Å². The maximum absolute atomic E-state index is 12.0. The molecule has 5 heteroatoms. The molecule has 0 radical (unpaired) electrons. The van der Waals surface area contributed by atoms with Crippen LogP contribution in [0.2, 0.25) is 0 Å². The summed E-state index contributed by atoms with van der Waals surface area (Å²) in [5, 5.41) is 2.84. The molecule has 1 aliphatic heterocycles. The first-order valence-electron chi connectivity index (χ1n) is 7.32. The van der Waals surface area contributed by atoms with Crippen molar-refractivity contribution < 1.29 is 9.53 Å². The van der Waals surface area contributed by atoms with Crippen LogP contribution in [0.5, 0.6) is 5.75 Å². The van der Waals surface area contributed by atoms with E-state index in [2.05, 4.69) is 17.3 Å². The van der Waals surface area contributed by atoms with Crippen molar-refractivity contribution in [2.75, 3.05) is 31.2 Å². The fourth-order valence-electron chi connectivity index (χ4n) is 2.47. The molecule has 1 atom stereocenters. The molecule has 21 heavy (non-hydrogen) atoms. The molecule has 5 nitrogen and oxygen atoms in total. The minimum atomic E-state index is -0.152. The molecule has 114 valence electrons. The van der Waals surface area contributed by atoms with E-state index in [1.165, 1.54) is 6.42 Å². The van der Waals surface area contributed by atoms with E-state index in [4.69, 9.17) is 10.5 Å². The first kappa shape index (κ1) is 15.4. The van der Waals surface area contributed by atoms with Crippen molar-refractivity contribution in [3.63, 3.8) is 0 Å². The average Bonchev–Trinajstić information content (AvgIpc) is 2.85. The lowest BCUT2D eigenvalue weighted by Gasteiger charge is -2.15. The summed E-state index contributed by atoms with van der Waals surface area (Å²) in [5.41, 5.74) is 6.98. The van der Waals surface area contributed by atoms with Crippen LogP contribution in [0.3, 0.4) is 0 Å². The molecule has 1 saturated heterocycles. The summed E-state index contributed by atoms with van der Waals surface area (Å²) in [6, 6.07) is 5.57. The Morgan fingerprint density at radius 1 is 1.57 bits per heavy atom. The van der Waals surface area contributed by atoms with Gasteiger partial charge in [0.25, 0.3) is 0 Å². The van der Waals surface area contributed by atoms with Crippen LogP contribution in [0.4, 0.5) is 11.4 Å². The van der Waals surface area contributed by atoms with Crippen LogP contribution in [0.15, 0.2) is 30.4 Å². The number of benzene rings is 1. The SMILES string of the molecule is CCOc1cc(N)ccc1NC(=O)/C=C/C1CCCN1C. The molecule has 3 N–H and O–H groups in total. The number of carbonyl (C=O) groups excluding carboxylic acids is 1. The third-order valence-corrected chi connectivity index (χ3v) is 3.61. The normalized spacial score (nSPS) is 19.0. The van der Waals surface area contributed by atoms with Gasteiger partial charge in [0, 0.05) is 23.9 Å². The summed E-state index contributed by atoms with van der Waals surface area (Å²) >= 11 is 0. The predicted molar refractivity (Wildman–Crippen MR) is 85.4 cm³/mol. The Hall–Kier alpha value is -2.01. The number of ether oxygens (including phenoxy) is 1. The number of nitrogen functional groups attached to an aromatic ring is 1. The Balaban J connectivity index is 2.00. The molecule has 0 aliphatic carbocycles. The topological polar surface area (TPSA) is 67.6 Å². The van der Waals surface area contributed by atoms with Gasteiger partial charge in [0.1, 0.15) is 5.75 Å². The van der Waals surface area contributed by atoms with Gasteiger partial charge in [-0.05, 0) is 45.5 Å². The number of likely N-dealkylation sites (tertiary alicyclic amines) is 1. The first-order valence-corrected chi connectivity index (χ1v) is 7.32. The Morgan fingerprint density at radius 3 is 3.05 bits per heavy atom. The van der Waals surface area contributed by atoms with E-state index in [0.29, 0.717) is 29.8 Å². The molecule has 0 aromatic heterocycles. The lowest BCUT2D eigenvalue weighted by atomic mass is 10.2. The molecular formula is C16H23N3O2. The summed E-state index contributed by atoms with van der Waals surface area (Å²) in [5.74, 6) is 0.443. The second-order valence-electron chi connectivity index (χ2n) is 5.23. The van der Waals surface area contributed by atoms with E-state index >= 15 is 0 Å². The summed E-state index contributed by atoms with van der Waals surface area (Å²) in [4.78, 5) is 14.3. The van der Waals surface area contributed by atoms with Gasteiger partial charge in [-0.1, -0.05) is 6.08 Å². The summed E-state index contributed by atoms with van der Waals surface area (Å²) < 4.78 is 5.49. The molecule has 1 amide bonds. The van der Waals surface area contributed by atoms with Crippen LogP contribution >= 0.6 is 0 Å². The van der Waals surface area contributed by atoms with Crippen molar-refractivity contribution in [3.05, 3.63) is 30.4 Å². The van der Waals surface area contributed by atoms with Crippen molar-refractivity contribution in [3.8, 4) is 5.75 Å². The molecule has 1 aliphatic rings. The quantitative estimate of drug-likeness (QED) is 0.644. The minimum Gasteiger partial charge on any atom is -0.492 e. The monoisotopic (exact) mass is 289 g/mol. The van der Waals surface area contributed by atoms with Crippen LogP contribution in [0.1, 0.15) is 19.8 Å². The lowest BCUT2D eigenvalue weighted by Crippen LogP contribution is -2.23. The third-order valence-electron chi connectivity index (χ3n) is 3.61. The highest BCUT2D eigenvalue weighted by molar-refractivity contribution is 6.00. The Kier molecular flexibility index (Phi) is 5.22. The Bertz CT molecular complexity index is 528. The maximum Gasteiger partial charge on any atom is 0.248 e. The highest BCUT2D eigenvalue weighted by Gasteiger charge is 2.18. The van der Waals surface area contributed by atoms with E-state index in [1.54, 1.807) is 24.3 Å². The van der Waals surface area contributed by atoms with Gasteiger partial charge in [0.05, 0.1) is 12.3 Å². The number of hydrogen-bond donors (Lipinski definition) is 2. The third kappa shape index (κ3) is 4.23. The van der Waals surface area contributed by atoms with E-state index in [-0.39, 0.29) is 5.91 Å². The molecule has 1 unspecified atom stereocenters. The highest BCUT2D eigenvalue weighted by atomic mass is 16.5. The summed E-state index contributed by atoms with van der Waals surface area (Å²) in [6.45, 7) is 3.50. The van der Waals surface area contributed by atoms with Crippen molar-refractivity contribution >= 4 is 17.3 Å². The van der Waals surface area contributed by atoms with Gasteiger partial charge in [0.2, 0.25) is 5.91 Å². The van der Waals surface area contributed by atoms with Crippen LogP contribution < -0.4 is 15.8 Å². The molecule has 0 bridgehead atoms. The number of nitrogens with zero attached hydrogens (tertiary/aromatic N) is 1.